The van der Waals surface area contributed by atoms with E-state index in [2.05, 4.69) is 17.6 Å². The quantitative estimate of drug-likeness (QED) is 0.742. The summed E-state index contributed by atoms with van der Waals surface area (Å²) in [7, 11) is 0. The van der Waals surface area contributed by atoms with Gasteiger partial charge in [0, 0.05) is 19.8 Å². The summed E-state index contributed by atoms with van der Waals surface area (Å²) >= 11 is 5.27. The van der Waals surface area contributed by atoms with Crippen LogP contribution in [0.2, 0.25) is 0 Å². The fourth-order valence-electron chi connectivity index (χ4n) is 2.36. The lowest BCUT2D eigenvalue weighted by atomic mass is 10.1. The Labute approximate surface area is 108 Å². The zero-order valence-corrected chi connectivity index (χ0v) is 11.2. The van der Waals surface area contributed by atoms with Crippen LogP contribution in [0.4, 0.5) is 0 Å². The fraction of sp³-hybridized carbons (Fsp3) is 0.917. The smallest absolute Gasteiger partial charge is 0.166 e. The Bertz CT molecular complexity index is 251. The summed E-state index contributed by atoms with van der Waals surface area (Å²) in [5.41, 5.74) is 0. The van der Waals surface area contributed by atoms with Crippen LogP contribution < -0.4 is 10.6 Å². The van der Waals surface area contributed by atoms with Crippen molar-refractivity contribution in [2.75, 3.05) is 19.8 Å². The minimum absolute atomic E-state index is 0.280. The third kappa shape index (κ3) is 4.08. The van der Waals surface area contributed by atoms with Crippen molar-refractivity contribution in [3.8, 4) is 0 Å². The first-order chi connectivity index (χ1) is 8.25. The molecule has 4 nitrogen and oxygen atoms in total. The van der Waals surface area contributed by atoms with E-state index in [0.29, 0.717) is 17.3 Å². The van der Waals surface area contributed by atoms with Crippen molar-refractivity contribution in [2.24, 2.45) is 0 Å². The summed E-state index contributed by atoms with van der Waals surface area (Å²) in [4.78, 5) is 0. The summed E-state index contributed by atoms with van der Waals surface area (Å²) in [5.74, 6) is 0. The van der Waals surface area contributed by atoms with E-state index in [-0.39, 0.29) is 6.04 Å². The molecule has 5 heteroatoms. The second kappa shape index (κ2) is 6.52. The van der Waals surface area contributed by atoms with Gasteiger partial charge in [-0.1, -0.05) is 0 Å². The van der Waals surface area contributed by atoms with Crippen LogP contribution in [0.3, 0.4) is 0 Å². The first-order valence-electron chi connectivity index (χ1n) is 6.53. The van der Waals surface area contributed by atoms with Gasteiger partial charge in [0.25, 0.3) is 0 Å². The van der Waals surface area contributed by atoms with Gasteiger partial charge in [-0.2, -0.15) is 0 Å². The largest absolute Gasteiger partial charge is 0.376 e. The first-order valence-corrected chi connectivity index (χ1v) is 6.94. The van der Waals surface area contributed by atoms with Crippen LogP contribution >= 0.6 is 12.2 Å². The van der Waals surface area contributed by atoms with E-state index in [1.54, 1.807) is 0 Å². The number of rotatable bonds is 4. The van der Waals surface area contributed by atoms with E-state index < -0.39 is 0 Å². The molecule has 0 aromatic heterocycles. The molecule has 2 fully saturated rings. The molecule has 98 valence electrons. The predicted molar refractivity (Wildman–Crippen MR) is 71.1 cm³/mol. The molecule has 0 unspecified atom stereocenters. The molecule has 2 N–H and O–H groups in total. The fourth-order valence-corrected chi connectivity index (χ4v) is 2.63. The molecule has 2 aliphatic heterocycles. The van der Waals surface area contributed by atoms with Crippen molar-refractivity contribution < 1.29 is 9.47 Å². The number of hydrogen-bond donors (Lipinski definition) is 2. The van der Waals surface area contributed by atoms with Crippen LogP contribution in [0, 0.1) is 0 Å². The Morgan fingerprint density at radius 3 is 2.71 bits per heavy atom. The van der Waals surface area contributed by atoms with Crippen LogP contribution in [0.5, 0.6) is 0 Å². The maximum absolute atomic E-state index is 5.62. The molecule has 2 heterocycles. The number of nitrogens with one attached hydrogen (secondary N) is 2. The minimum atomic E-state index is 0.280. The second-order valence-corrected chi connectivity index (χ2v) is 5.24. The molecule has 0 aromatic carbocycles. The van der Waals surface area contributed by atoms with E-state index in [0.717, 1.165) is 39.0 Å². The summed E-state index contributed by atoms with van der Waals surface area (Å²) in [6.07, 6.45) is 5.22. The standard InChI is InChI=1S/C12H22N2O2S/c1-9(11-5-3-7-16-11)14-12(17)13-8-10-4-2-6-15-10/h9-11H,2-8H2,1H3,(H2,13,14,17)/t9-,10-,11-/m0/s1. The van der Waals surface area contributed by atoms with Gasteiger partial charge in [-0.05, 0) is 44.8 Å². The average molecular weight is 258 g/mol. The van der Waals surface area contributed by atoms with E-state index in [1.165, 1.54) is 6.42 Å². The molecule has 0 bridgehead atoms. The topological polar surface area (TPSA) is 42.5 Å². The summed E-state index contributed by atoms with van der Waals surface area (Å²) in [5, 5.41) is 7.22. The highest BCUT2D eigenvalue weighted by molar-refractivity contribution is 7.80. The lowest BCUT2D eigenvalue weighted by molar-refractivity contribution is 0.0889. The Hall–Kier alpha value is -0.390. The molecule has 2 rings (SSSR count). The van der Waals surface area contributed by atoms with Gasteiger partial charge in [0.15, 0.2) is 5.11 Å². The maximum atomic E-state index is 5.62. The molecule has 0 aliphatic carbocycles. The van der Waals surface area contributed by atoms with Crippen molar-refractivity contribution in [2.45, 2.75) is 50.9 Å². The van der Waals surface area contributed by atoms with E-state index >= 15 is 0 Å². The van der Waals surface area contributed by atoms with Gasteiger partial charge in [-0.25, -0.2) is 0 Å². The lowest BCUT2D eigenvalue weighted by Crippen LogP contribution is -2.47. The van der Waals surface area contributed by atoms with Crippen molar-refractivity contribution in [1.29, 1.82) is 0 Å². The lowest BCUT2D eigenvalue weighted by Gasteiger charge is -2.22. The van der Waals surface area contributed by atoms with Gasteiger partial charge in [-0.3, -0.25) is 0 Å². The Kier molecular flexibility index (Phi) is 5.00. The van der Waals surface area contributed by atoms with E-state index in [1.807, 2.05) is 0 Å². The molecule has 0 amide bonds. The highest BCUT2D eigenvalue weighted by Crippen LogP contribution is 2.15. The van der Waals surface area contributed by atoms with Crippen LogP contribution in [0.25, 0.3) is 0 Å². The predicted octanol–water partition coefficient (Wildman–Crippen LogP) is 1.20. The van der Waals surface area contributed by atoms with E-state index in [4.69, 9.17) is 21.7 Å². The molecular formula is C12H22N2O2S. The summed E-state index contributed by atoms with van der Waals surface area (Å²) in [6.45, 7) is 4.70. The van der Waals surface area contributed by atoms with Crippen molar-refractivity contribution >= 4 is 17.3 Å². The van der Waals surface area contributed by atoms with Crippen molar-refractivity contribution in [1.82, 2.24) is 10.6 Å². The summed E-state index contributed by atoms with van der Waals surface area (Å²) in [6, 6.07) is 0.280. The van der Waals surface area contributed by atoms with Gasteiger partial charge < -0.3 is 20.1 Å². The third-order valence-electron chi connectivity index (χ3n) is 3.40. The second-order valence-electron chi connectivity index (χ2n) is 4.83. The van der Waals surface area contributed by atoms with Crippen LogP contribution in [-0.4, -0.2) is 43.1 Å². The van der Waals surface area contributed by atoms with Gasteiger partial charge in [-0.15, -0.1) is 0 Å². The molecule has 0 saturated carbocycles. The number of hydrogen-bond acceptors (Lipinski definition) is 3. The van der Waals surface area contributed by atoms with Crippen LogP contribution in [-0.2, 0) is 9.47 Å². The first kappa shape index (κ1) is 13.1. The average Bonchev–Trinajstić information content (AvgIpc) is 2.99. The highest BCUT2D eigenvalue weighted by atomic mass is 32.1. The molecule has 3 atom stereocenters. The molecule has 0 radical (unpaired) electrons. The van der Waals surface area contributed by atoms with Gasteiger partial charge in [0.1, 0.15) is 0 Å². The molecule has 0 spiro atoms. The molecule has 2 saturated heterocycles. The monoisotopic (exact) mass is 258 g/mol. The maximum Gasteiger partial charge on any atom is 0.166 e. The molecule has 2 aliphatic rings. The van der Waals surface area contributed by atoms with Crippen molar-refractivity contribution in [3.63, 3.8) is 0 Å². The Morgan fingerprint density at radius 2 is 2.06 bits per heavy atom. The highest BCUT2D eigenvalue weighted by Gasteiger charge is 2.23. The van der Waals surface area contributed by atoms with Gasteiger partial charge >= 0.3 is 0 Å². The van der Waals surface area contributed by atoms with Crippen LogP contribution in [0.15, 0.2) is 0 Å². The Morgan fingerprint density at radius 1 is 1.29 bits per heavy atom. The SMILES string of the molecule is C[C@H](NC(=S)NC[C@@H]1CCCO1)[C@@H]1CCCO1. The Balaban J connectivity index is 1.62. The third-order valence-corrected chi connectivity index (χ3v) is 3.66. The minimum Gasteiger partial charge on any atom is -0.376 e. The zero-order chi connectivity index (χ0) is 12.1. The molecule has 0 aromatic rings. The number of ether oxygens (including phenoxy) is 2. The normalized spacial score (nSPS) is 30.2. The van der Waals surface area contributed by atoms with E-state index in [9.17, 15) is 0 Å². The van der Waals surface area contributed by atoms with Gasteiger partial charge in [0.2, 0.25) is 0 Å². The van der Waals surface area contributed by atoms with Crippen LogP contribution in [0.1, 0.15) is 32.6 Å². The van der Waals surface area contributed by atoms with Gasteiger partial charge in [0.05, 0.1) is 18.2 Å². The molecule has 17 heavy (non-hydrogen) atoms. The van der Waals surface area contributed by atoms with Crippen molar-refractivity contribution in [3.05, 3.63) is 0 Å². The molecular weight excluding hydrogens is 236 g/mol. The summed E-state index contributed by atoms with van der Waals surface area (Å²) < 4.78 is 11.2. The number of thiocarbonyl (C=S) groups is 1. The zero-order valence-electron chi connectivity index (χ0n) is 10.4.